The van der Waals surface area contributed by atoms with Crippen molar-refractivity contribution in [3.8, 4) is 5.75 Å². The normalized spacial score (nSPS) is 19.2. The molecule has 5 rings (SSSR count). The van der Waals surface area contributed by atoms with Crippen LogP contribution in [0.5, 0.6) is 5.75 Å². The number of nitrogens with zero attached hydrogens (tertiary/aromatic N) is 2. The lowest BCUT2D eigenvalue weighted by Crippen LogP contribution is -2.39. The van der Waals surface area contributed by atoms with Crippen LogP contribution in [0.25, 0.3) is 5.76 Å². The number of rotatable bonds is 9. The van der Waals surface area contributed by atoms with Crippen LogP contribution in [0.1, 0.15) is 29.2 Å². The lowest BCUT2D eigenvalue weighted by molar-refractivity contribution is -0.140. The maximum atomic E-state index is 13.4. The summed E-state index contributed by atoms with van der Waals surface area (Å²) in [5.74, 6) is -1.06. The Labute approximate surface area is 243 Å². The number of carbonyl (C=O) groups is 2. The van der Waals surface area contributed by atoms with Crippen LogP contribution in [0.3, 0.4) is 0 Å². The number of Topliss-reactive ketones (excluding diaryl/α,β-unsaturated/α-hetero) is 1. The van der Waals surface area contributed by atoms with Crippen LogP contribution in [-0.2, 0) is 20.9 Å². The third-order valence-electron chi connectivity index (χ3n) is 7.15. The number of hydrogen-bond acceptors (Lipinski definition) is 6. The average Bonchev–Trinajstić information content (AvgIpc) is 3.22. The highest BCUT2D eigenvalue weighted by Gasteiger charge is 2.46. The van der Waals surface area contributed by atoms with Gasteiger partial charge in [-0.05, 0) is 53.9 Å². The number of likely N-dealkylation sites (tertiary alicyclic amines) is 1. The predicted octanol–water partition coefficient (Wildman–Crippen LogP) is 5.72. The minimum absolute atomic E-state index is 0.00134. The molecule has 7 nitrogen and oxygen atoms in total. The topological polar surface area (TPSA) is 79.3 Å². The second-order valence-electron chi connectivity index (χ2n) is 9.76. The molecule has 1 atom stereocenters. The summed E-state index contributed by atoms with van der Waals surface area (Å²) >= 11 is 12.7. The monoisotopic (exact) mass is 580 g/mol. The molecule has 1 N–H and O–H groups in total. The highest BCUT2D eigenvalue weighted by molar-refractivity contribution is 6.47. The minimum Gasteiger partial charge on any atom is -0.507 e. The van der Waals surface area contributed by atoms with Gasteiger partial charge in [-0.15, -0.1) is 0 Å². The molecule has 9 heteroatoms. The fourth-order valence-electron chi connectivity index (χ4n) is 5.05. The summed E-state index contributed by atoms with van der Waals surface area (Å²) in [5.41, 5.74) is 1.95. The molecule has 2 aliphatic heterocycles. The van der Waals surface area contributed by atoms with E-state index in [1.807, 2.05) is 30.3 Å². The van der Waals surface area contributed by atoms with Crippen molar-refractivity contribution in [2.75, 3.05) is 39.4 Å². The Bertz CT molecular complexity index is 1390. The minimum atomic E-state index is -0.844. The van der Waals surface area contributed by atoms with Gasteiger partial charge in [-0.25, -0.2) is 0 Å². The van der Waals surface area contributed by atoms with E-state index in [0.717, 1.165) is 25.2 Å². The quantitative estimate of drug-likeness (QED) is 0.198. The van der Waals surface area contributed by atoms with E-state index < -0.39 is 17.7 Å². The fraction of sp³-hybridized carbons (Fsp3) is 0.290. The van der Waals surface area contributed by atoms with Gasteiger partial charge in [0.25, 0.3) is 11.7 Å². The Morgan fingerprint density at radius 1 is 0.950 bits per heavy atom. The molecule has 3 aromatic carbocycles. The van der Waals surface area contributed by atoms with Crippen LogP contribution in [-0.4, -0.2) is 66.0 Å². The number of benzene rings is 3. The lowest BCUT2D eigenvalue weighted by Gasteiger charge is -2.29. The van der Waals surface area contributed by atoms with Crippen LogP contribution >= 0.6 is 23.2 Å². The van der Waals surface area contributed by atoms with Gasteiger partial charge in [-0.1, -0.05) is 59.6 Å². The van der Waals surface area contributed by atoms with Crippen molar-refractivity contribution in [2.24, 2.45) is 0 Å². The van der Waals surface area contributed by atoms with E-state index >= 15 is 0 Å². The van der Waals surface area contributed by atoms with Crippen molar-refractivity contribution in [1.82, 2.24) is 9.80 Å². The first-order chi connectivity index (χ1) is 19.4. The average molecular weight is 581 g/mol. The second-order valence-corrected chi connectivity index (χ2v) is 10.6. The van der Waals surface area contributed by atoms with Gasteiger partial charge < -0.3 is 19.5 Å². The Morgan fingerprint density at radius 3 is 2.38 bits per heavy atom. The highest BCUT2D eigenvalue weighted by Crippen LogP contribution is 2.42. The zero-order valence-electron chi connectivity index (χ0n) is 21.9. The molecule has 0 saturated carbocycles. The molecule has 2 saturated heterocycles. The summed E-state index contributed by atoms with van der Waals surface area (Å²) in [4.78, 5) is 30.4. The molecule has 208 valence electrons. The molecular weight excluding hydrogens is 551 g/mol. The van der Waals surface area contributed by atoms with Crippen molar-refractivity contribution in [1.29, 1.82) is 0 Å². The van der Waals surface area contributed by atoms with E-state index in [9.17, 15) is 14.7 Å². The molecule has 0 radical (unpaired) electrons. The SMILES string of the molecule is O=C1C(=O)N(CCCN2CCOCC2)C(c2ccc(Cl)cc2Cl)/C1=C(\O)c1ccc(OCc2ccccc2)cc1. The molecule has 2 aliphatic rings. The van der Waals surface area contributed by atoms with E-state index in [2.05, 4.69) is 4.90 Å². The number of amides is 1. The number of ether oxygens (including phenoxy) is 2. The van der Waals surface area contributed by atoms with Crippen LogP contribution < -0.4 is 4.74 Å². The standard InChI is InChI=1S/C31H30Cl2N2O5/c32-23-9-12-25(26(33)19-23)28-27(30(37)31(38)35(28)14-4-13-34-15-17-39-18-16-34)29(36)22-7-10-24(11-8-22)40-20-21-5-2-1-3-6-21/h1-3,5-12,19,28,36H,4,13-18,20H2/b29-27+. The number of aliphatic hydroxyl groups is 1. The van der Waals surface area contributed by atoms with E-state index in [-0.39, 0.29) is 11.3 Å². The van der Waals surface area contributed by atoms with Gasteiger partial charge in [0.1, 0.15) is 18.1 Å². The summed E-state index contributed by atoms with van der Waals surface area (Å²) < 4.78 is 11.3. The number of hydrogen-bond donors (Lipinski definition) is 1. The van der Waals surface area contributed by atoms with E-state index in [0.29, 0.717) is 59.7 Å². The van der Waals surface area contributed by atoms with Gasteiger partial charge >= 0.3 is 0 Å². The van der Waals surface area contributed by atoms with Crippen LogP contribution in [0.4, 0.5) is 0 Å². The molecule has 0 bridgehead atoms. The van der Waals surface area contributed by atoms with Crippen LogP contribution in [0.15, 0.2) is 78.4 Å². The van der Waals surface area contributed by atoms with Crippen molar-refractivity contribution < 1.29 is 24.2 Å². The number of ketones is 1. The predicted molar refractivity (Wildman–Crippen MR) is 155 cm³/mol. The smallest absolute Gasteiger partial charge is 0.295 e. The number of halogens is 2. The third-order valence-corrected chi connectivity index (χ3v) is 7.71. The molecule has 2 heterocycles. The van der Waals surface area contributed by atoms with E-state index in [4.69, 9.17) is 32.7 Å². The second kappa shape index (κ2) is 12.9. The molecular formula is C31H30Cl2N2O5. The number of aliphatic hydroxyl groups excluding tert-OH is 1. The van der Waals surface area contributed by atoms with E-state index in [1.165, 1.54) is 4.90 Å². The van der Waals surface area contributed by atoms with Crippen molar-refractivity contribution >= 4 is 40.7 Å². The summed E-state index contributed by atoms with van der Waals surface area (Å²) in [6, 6.07) is 20.7. The van der Waals surface area contributed by atoms with Gasteiger partial charge in [0.15, 0.2) is 0 Å². The Kier molecular flexibility index (Phi) is 9.07. The maximum Gasteiger partial charge on any atom is 0.295 e. The van der Waals surface area contributed by atoms with Crippen LogP contribution in [0.2, 0.25) is 10.0 Å². The largest absolute Gasteiger partial charge is 0.507 e. The van der Waals surface area contributed by atoms with Crippen molar-refractivity contribution in [3.05, 3.63) is 105 Å². The summed E-state index contributed by atoms with van der Waals surface area (Å²) in [7, 11) is 0. The number of carbonyl (C=O) groups excluding carboxylic acids is 2. The Balaban J connectivity index is 1.41. The molecule has 0 aliphatic carbocycles. The summed E-state index contributed by atoms with van der Waals surface area (Å²) in [5, 5.41) is 12.1. The summed E-state index contributed by atoms with van der Waals surface area (Å²) in [6.45, 7) is 4.51. The molecule has 3 aromatic rings. The third kappa shape index (κ3) is 6.34. The molecule has 1 amide bonds. The maximum absolute atomic E-state index is 13.4. The van der Waals surface area contributed by atoms with Crippen molar-refractivity contribution in [2.45, 2.75) is 19.1 Å². The van der Waals surface area contributed by atoms with Gasteiger partial charge in [-0.2, -0.15) is 0 Å². The Hall–Kier alpha value is -3.36. The molecule has 40 heavy (non-hydrogen) atoms. The zero-order chi connectivity index (χ0) is 28.1. The van der Waals surface area contributed by atoms with E-state index in [1.54, 1.807) is 42.5 Å². The van der Waals surface area contributed by atoms with Gasteiger partial charge in [-0.3, -0.25) is 14.5 Å². The summed E-state index contributed by atoms with van der Waals surface area (Å²) in [6.07, 6.45) is 0.655. The highest BCUT2D eigenvalue weighted by atomic mass is 35.5. The molecule has 0 aromatic heterocycles. The van der Waals surface area contributed by atoms with Gasteiger partial charge in [0, 0.05) is 41.8 Å². The zero-order valence-corrected chi connectivity index (χ0v) is 23.4. The first-order valence-corrected chi connectivity index (χ1v) is 14.0. The Morgan fingerprint density at radius 2 is 1.68 bits per heavy atom. The van der Waals surface area contributed by atoms with Crippen molar-refractivity contribution in [3.63, 3.8) is 0 Å². The molecule has 0 spiro atoms. The first kappa shape index (κ1) is 28.2. The molecule has 2 fully saturated rings. The molecule has 1 unspecified atom stereocenters. The van der Waals surface area contributed by atoms with Gasteiger partial charge in [0.2, 0.25) is 0 Å². The lowest BCUT2D eigenvalue weighted by atomic mass is 9.95. The van der Waals surface area contributed by atoms with Crippen LogP contribution in [0, 0.1) is 0 Å². The fourth-order valence-corrected chi connectivity index (χ4v) is 5.56. The number of morpholine rings is 1. The van der Waals surface area contributed by atoms with Gasteiger partial charge in [0.05, 0.1) is 24.8 Å². The first-order valence-electron chi connectivity index (χ1n) is 13.2.